The summed E-state index contributed by atoms with van der Waals surface area (Å²) in [5, 5.41) is 1.58. The summed E-state index contributed by atoms with van der Waals surface area (Å²) in [6.45, 7) is 6.49. The van der Waals surface area contributed by atoms with Crippen LogP contribution in [-0.4, -0.2) is 31.4 Å². The highest BCUT2D eigenvalue weighted by molar-refractivity contribution is 7.89. The second-order valence-electron chi connectivity index (χ2n) is 6.50. The molecule has 130 valence electrons. The van der Waals surface area contributed by atoms with Gasteiger partial charge in [-0.1, -0.05) is 30.7 Å². The highest BCUT2D eigenvalue weighted by atomic mass is 32.2. The van der Waals surface area contributed by atoms with Gasteiger partial charge in [0.15, 0.2) is 0 Å². The summed E-state index contributed by atoms with van der Waals surface area (Å²) in [7, 11) is -3.54. The number of rotatable bonds is 4. The monoisotopic (exact) mass is 347 g/mol. The van der Waals surface area contributed by atoms with Crippen LogP contribution in [0.25, 0.3) is 10.8 Å². The van der Waals surface area contributed by atoms with Crippen LogP contribution in [0.1, 0.15) is 40.0 Å². The first-order valence-electron chi connectivity index (χ1n) is 8.65. The van der Waals surface area contributed by atoms with E-state index in [2.05, 4.69) is 0 Å². The molecule has 1 heterocycles. The van der Waals surface area contributed by atoms with Crippen molar-refractivity contribution < 1.29 is 13.2 Å². The standard InChI is InChI=1S/C19H25NO3S/c1-4-23-18-12-13-19(17-11-6-5-10-16(17)18)24(21,22)20-14(2)8-7-9-15(20)3/h5-6,10-15H,4,7-9H2,1-3H3/t14-,15-/m1/s1. The Morgan fingerprint density at radius 1 is 1.04 bits per heavy atom. The van der Waals surface area contributed by atoms with E-state index < -0.39 is 10.0 Å². The molecule has 0 amide bonds. The Morgan fingerprint density at radius 2 is 1.67 bits per heavy atom. The van der Waals surface area contributed by atoms with Gasteiger partial charge in [-0.25, -0.2) is 8.42 Å². The predicted octanol–water partition coefficient (Wildman–Crippen LogP) is 4.19. The summed E-state index contributed by atoms with van der Waals surface area (Å²) >= 11 is 0. The lowest BCUT2D eigenvalue weighted by molar-refractivity contribution is 0.204. The minimum atomic E-state index is -3.54. The number of benzene rings is 2. The third-order valence-electron chi connectivity index (χ3n) is 4.81. The molecule has 2 aromatic carbocycles. The number of piperidine rings is 1. The van der Waals surface area contributed by atoms with Crippen LogP contribution in [-0.2, 0) is 10.0 Å². The largest absolute Gasteiger partial charge is 0.493 e. The van der Waals surface area contributed by atoms with Gasteiger partial charge in [0.25, 0.3) is 0 Å². The van der Waals surface area contributed by atoms with Gasteiger partial charge in [-0.3, -0.25) is 0 Å². The minimum absolute atomic E-state index is 0.0316. The molecule has 1 aliphatic rings. The zero-order chi connectivity index (χ0) is 17.3. The smallest absolute Gasteiger partial charge is 0.244 e. The van der Waals surface area contributed by atoms with Crippen molar-refractivity contribution in [1.82, 2.24) is 4.31 Å². The molecule has 1 fully saturated rings. The van der Waals surface area contributed by atoms with Crippen LogP contribution in [0.2, 0.25) is 0 Å². The molecule has 5 heteroatoms. The summed E-state index contributed by atoms with van der Waals surface area (Å²) in [6.07, 6.45) is 2.91. The van der Waals surface area contributed by atoms with Gasteiger partial charge < -0.3 is 4.74 Å². The first-order chi connectivity index (χ1) is 11.5. The van der Waals surface area contributed by atoms with Crippen LogP contribution in [0.4, 0.5) is 0 Å². The molecule has 0 radical (unpaired) electrons. The van der Waals surface area contributed by atoms with E-state index in [1.54, 1.807) is 16.4 Å². The van der Waals surface area contributed by atoms with E-state index >= 15 is 0 Å². The molecule has 2 aromatic rings. The maximum atomic E-state index is 13.4. The van der Waals surface area contributed by atoms with E-state index in [-0.39, 0.29) is 12.1 Å². The normalized spacial score (nSPS) is 22.6. The van der Waals surface area contributed by atoms with Gasteiger partial charge in [0.05, 0.1) is 11.5 Å². The molecule has 3 rings (SSSR count). The Balaban J connectivity index is 2.16. The molecule has 0 aliphatic carbocycles. The second kappa shape index (κ2) is 6.73. The van der Waals surface area contributed by atoms with Crippen LogP contribution >= 0.6 is 0 Å². The number of fused-ring (bicyclic) bond motifs is 1. The fraction of sp³-hybridized carbons (Fsp3) is 0.474. The zero-order valence-electron chi connectivity index (χ0n) is 14.5. The highest BCUT2D eigenvalue weighted by Gasteiger charge is 2.36. The number of hydrogen-bond acceptors (Lipinski definition) is 3. The average molecular weight is 347 g/mol. The number of hydrogen-bond donors (Lipinski definition) is 0. The van der Waals surface area contributed by atoms with Gasteiger partial charge in [0.2, 0.25) is 10.0 Å². The van der Waals surface area contributed by atoms with Gasteiger partial charge >= 0.3 is 0 Å². The average Bonchev–Trinajstić information content (AvgIpc) is 2.55. The fourth-order valence-electron chi connectivity index (χ4n) is 3.74. The van der Waals surface area contributed by atoms with E-state index in [0.29, 0.717) is 11.5 Å². The third-order valence-corrected chi connectivity index (χ3v) is 7.00. The first-order valence-corrected chi connectivity index (χ1v) is 10.1. The molecule has 0 unspecified atom stereocenters. The summed E-state index contributed by atoms with van der Waals surface area (Å²) in [5.41, 5.74) is 0. The van der Waals surface area contributed by atoms with Gasteiger partial charge in [0, 0.05) is 22.9 Å². The van der Waals surface area contributed by atoms with E-state index in [1.165, 1.54) is 0 Å². The van der Waals surface area contributed by atoms with Gasteiger partial charge in [-0.2, -0.15) is 4.31 Å². The summed E-state index contributed by atoms with van der Waals surface area (Å²) < 4.78 is 34.1. The molecular weight excluding hydrogens is 322 g/mol. The molecule has 0 saturated carbocycles. The van der Waals surface area contributed by atoms with Gasteiger partial charge in [0.1, 0.15) is 5.75 Å². The molecule has 4 nitrogen and oxygen atoms in total. The molecule has 2 atom stereocenters. The SMILES string of the molecule is CCOc1ccc(S(=O)(=O)N2[C@H](C)CCC[C@H]2C)c2ccccc12. The third kappa shape index (κ3) is 2.91. The Kier molecular flexibility index (Phi) is 4.83. The van der Waals surface area contributed by atoms with E-state index in [1.807, 2.05) is 45.0 Å². The van der Waals surface area contributed by atoms with Crippen LogP contribution in [0.15, 0.2) is 41.3 Å². The molecular formula is C19H25NO3S. The molecule has 0 N–H and O–H groups in total. The van der Waals surface area contributed by atoms with Crippen molar-refractivity contribution in [2.75, 3.05) is 6.61 Å². The number of ether oxygens (including phenoxy) is 1. The summed E-state index contributed by atoms with van der Waals surface area (Å²) in [6, 6.07) is 11.1. The topological polar surface area (TPSA) is 46.6 Å². The summed E-state index contributed by atoms with van der Waals surface area (Å²) in [4.78, 5) is 0.377. The quantitative estimate of drug-likeness (QED) is 0.833. The molecule has 1 aliphatic heterocycles. The van der Waals surface area contributed by atoms with Crippen LogP contribution in [0.5, 0.6) is 5.75 Å². The van der Waals surface area contributed by atoms with Gasteiger partial charge in [-0.15, -0.1) is 0 Å². The predicted molar refractivity (Wildman–Crippen MR) is 96.9 cm³/mol. The van der Waals surface area contributed by atoms with Gasteiger partial charge in [-0.05, 0) is 45.7 Å². The van der Waals surface area contributed by atoms with Crippen LogP contribution < -0.4 is 4.74 Å². The minimum Gasteiger partial charge on any atom is -0.493 e. The molecule has 24 heavy (non-hydrogen) atoms. The fourth-order valence-corrected chi connectivity index (χ4v) is 5.82. The van der Waals surface area contributed by atoms with Crippen LogP contribution in [0, 0.1) is 0 Å². The highest BCUT2D eigenvalue weighted by Crippen LogP contribution is 2.36. The first kappa shape index (κ1) is 17.2. The molecule has 0 bridgehead atoms. The molecule has 0 aromatic heterocycles. The van der Waals surface area contributed by atoms with E-state index in [4.69, 9.17) is 4.74 Å². The molecule has 0 spiro atoms. The van der Waals surface area contributed by atoms with Crippen molar-refractivity contribution in [3.05, 3.63) is 36.4 Å². The lowest BCUT2D eigenvalue weighted by Gasteiger charge is -2.38. The van der Waals surface area contributed by atoms with Crippen molar-refractivity contribution in [1.29, 1.82) is 0 Å². The maximum Gasteiger partial charge on any atom is 0.244 e. The van der Waals surface area contributed by atoms with Crippen molar-refractivity contribution >= 4 is 20.8 Å². The molecule has 1 saturated heterocycles. The van der Waals surface area contributed by atoms with Crippen molar-refractivity contribution in [2.24, 2.45) is 0 Å². The summed E-state index contributed by atoms with van der Waals surface area (Å²) in [5.74, 6) is 0.729. The zero-order valence-corrected chi connectivity index (χ0v) is 15.3. The Bertz CT molecular complexity index is 822. The van der Waals surface area contributed by atoms with Crippen molar-refractivity contribution in [2.45, 2.75) is 57.0 Å². The van der Waals surface area contributed by atoms with E-state index in [9.17, 15) is 8.42 Å². The van der Waals surface area contributed by atoms with E-state index in [0.717, 1.165) is 35.8 Å². The maximum absolute atomic E-state index is 13.4. The Morgan fingerprint density at radius 3 is 2.29 bits per heavy atom. The lowest BCUT2D eigenvalue weighted by Crippen LogP contribution is -2.47. The number of nitrogens with zero attached hydrogens (tertiary/aromatic N) is 1. The number of sulfonamides is 1. The Hall–Kier alpha value is -1.59. The second-order valence-corrected chi connectivity index (χ2v) is 8.32. The Labute approximate surface area is 144 Å². The van der Waals surface area contributed by atoms with Crippen molar-refractivity contribution in [3.63, 3.8) is 0 Å². The van der Waals surface area contributed by atoms with Crippen molar-refractivity contribution in [3.8, 4) is 5.75 Å². The van der Waals surface area contributed by atoms with Crippen LogP contribution in [0.3, 0.4) is 0 Å². The lowest BCUT2D eigenvalue weighted by atomic mass is 10.0.